The number of likely N-dealkylation sites (N-methyl/N-ethyl adjacent to an activating group) is 1. The lowest BCUT2D eigenvalue weighted by molar-refractivity contribution is 0.450. The predicted molar refractivity (Wildman–Crippen MR) is 85.9 cm³/mol. The monoisotopic (exact) mass is 318 g/mol. The maximum atomic E-state index is 3.65. The lowest BCUT2D eigenvalue weighted by atomic mass is 10.0. The molecule has 1 saturated heterocycles. The highest BCUT2D eigenvalue weighted by atomic mass is 79.9. The molecule has 1 atom stereocenters. The van der Waals surface area contributed by atoms with Crippen molar-refractivity contribution in [2.45, 2.75) is 18.9 Å². The number of anilines is 1. The van der Waals surface area contributed by atoms with E-state index in [0.717, 1.165) is 13.1 Å². The van der Waals surface area contributed by atoms with Crippen molar-refractivity contribution in [2.75, 3.05) is 25.0 Å². The summed E-state index contributed by atoms with van der Waals surface area (Å²) in [5.74, 6) is 0. The zero-order valence-electron chi connectivity index (χ0n) is 11.2. The molecule has 19 heavy (non-hydrogen) atoms. The SMILES string of the molecule is CNC1CCCN(c2ccc(Br)c3ccccc23)C1. The molecule has 0 radical (unpaired) electrons. The second-order valence-corrected chi connectivity index (χ2v) is 6.04. The first-order valence-corrected chi connectivity index (χ1v) is 7.68. The number of halogens is 1. The van der Waals surface area contributed by atoms with Crippen molar-refractivity contribution in [3.8, 4) is 0 Å². The summed E-state index contributed by atoms with van der Waals surface area (Å²) in [4.78, 5) is 2.51. The summed E-state index contributed by atoms with van der Waals surface area (Å²) in [6, 6.07) is 13.6. The van der Waals surface area contributed by atoms with Crippen molar-refractivity contribution in [2.24, 2.45) is 0 Å². The first-order chi connectivity index (χ1) is 9.29. The molecule has 3 rings (SSSR count). The molecule has 0 aromatic heterocycles. The van der Waals surface area contributed by atoms with E-state index in [9.17, 15) is 0 Å². The van der Waals surface area contributed by atoms with Gasteiger partial charge in [0, 0.05) is 34.7 Å². The van der Waals surface area contributed by atoms with Crippen molar-refractivity contribution in [1.82, 2.24) is 5.32 Å². The number of rotatable bonds is 2. The summed E-state index contributed by atoms with van der Waals surface area (Å²) in [5, 5.41) is 6.05. The Bertz CT molecular complexity index is 582. The molecule has 2 aromatic carbocycles. The van der Waals surface area contributed by atoms with Gasteiger partial charge in [0.05, 0.1) is 0 Å². The Balaban J connectivity index is 2.03. The van der Waals surface area contributed by atoms with Crippen LogP contribution < -0.4 is 10.2 Å². The molecule has 1 aliphatic rings. The Morgan fingerprint density at radius 2 is 1.95 bits per heavy atom. The number of hydrogen-bond acceptors (Lipinski definition) is 2. The van der Waals surface area contributed by atoms with Crippen LogP contribution in [0.2, 0.25) is 0 Å². The topological polar surface area (TPSA) is 15.3 Å². The molecule has 0 bridgehead atoms. The van der Waals surface area contributed by atoms with Gasteiger partial charge in [-0.15, -0.1) is 0 Å². The molecule has 1 heterocycles. The number of nitrogens with zero attached hydrogens (tertiary/aromatic N) is 1. The van der Waals surface area contributed by atoms with Gasteiger partial charge in [0.15, 0.2) is 0 Å². The molecule has 0 saturated carbocycles. The molecule has 0 amide bonds. The fourth-order valence-corrected chi connectivity index (χ4v) is 3.43. The molecule has 0 aliphatic carbocycles. The second-order valence-electron chi connectivity index (χ2n) is 5.19. The highest BCUT2D eigenvalue weighted by Crippen LogP contribution is 2.33. The van der Waals surface area contributed by atoms with Gasteiger partial charge in [0.2, 0.25) is 0 Å². The van der Waals surface area contributed by atoms with Gasteiger partial charge < -0.3 is 10.2 Å². The second kappa shape index (κ2) is 5.51. The number of nitrogens with one attached hydrogen (secondary N) is 1. The van der Waals surface area contributed by atoms with Crippen molar-refractivity contribution in [3.63, 3.8) is 0 Å². The zero-order valence-corrected chi connectivity index (χ0v) is 12.8. The van der Waals surface area contributed by atoms with Crippen molar-refractivity contribution in [1.29, 1.82) is 0 Å². The average Bonchev–Trinajstić information content (AvgIpc) is 2.48. The van der Waals surface area contributed by atoms with Gasteiger partial charge in [-0.3, -0.25) is 0 Å². The molecular formula is C16H19BrN2. The lowest BCUT2D eigenvalue weighted by Crippen LogP contribution is -2.44. The predicted octanol–water partition coefficient (Wildman–Crippen LogP) is 3.79. The van der Waals surface area contributed by atoms with E-state index in [-0.39, 0.29) is 0 Å². The normalized spacial score (nSPS) is 19.9. The van der Waals surface area contributed by atoms with Crippen molar-refractivity contribution < 1.29 is 0 Å². The molecule has 1 aliphatic heterocycles. The van der Waals surface area contributed by atoms with Gasteiger partial charge >= 0.3 is 0 Å². The van der Waals surface area contributed by atoms with Gasteiger partial charge in [-0.1, -0.05) is 40.2 Å². The highest BCUT2D eigenvalue weighted by molar-refractivity contribution is 9.10. The number of hydrogen-bond donors (Lipinski definition) is 1. The van der Waals surface area contributed by atoms with Crippen LogP contribution >= 0.6 is 15.9 Å². The third-order valence-electron chi connectivity index (χ3n) is 4.02. The van der Waals surface area contributed by atoms with E-state index < -0.39 is 0 Å². The molecule has 3 heteroatoms. The van der Waals surface area contributed by atoms with E-state index in [2.05, 4.69) is 69.6 Å². The minimum absolute atomic E-state index is 0.608. The molecular weight excluding hydrogens is 300 g/mol. The molecule has 1 unspecified atom stereocenters. The molecule has 0 spiro atoms. The van der Waals surface area contributed by atoms with Crippen LogP contribution in [-0.4, -0.2) is 26.2 Å². The summed E-state index contributed by atoms with van der Waals surface area (Å²) in [6.45, 7) is 2.26. The van der Waals surface area contributed by atoms with Crippen molar-refractivity contribution >= 4 is 32.4 Å². The van der Waals surface area contributed by atoms with E-state index in [1.165, 1.54) is 33.8 Å². The summed E-state index contributed by atoms with van der Waals surface area (Å²) in [6.07, 6.45) is 2.54. The van der Waals surface area contributed by atoms with E-state index >= 15 is 0 Å². The Morgan fingerprint density at radius 3 is 2.74 bits per heavy atom. The number of piperidine rings is 1. The Hall–Kier alpha value is -1.06. The van der Waals surface area contributed by atoms with E-state index in [4.69, 9.17) is 0 Å². The molecule has 100 valence electrons. The summed E-state index contributed by atoms with van der Waals surface area (Å²) in [5.41, 5.74) is 1.36. The largest absolute Gasteiger partial charge is 0.369 e. The van der Waals surface area contributed by atoms with Crippen LogP contribution in [0.3, 0.4) is 0 Å². The van der Waals surface area contributed by atoms with E-state index in [0.29, 0.717) is 6.04 Å². The molecule has 1 fully saturated rings. The van der Waals surface area contributed by atoms with Crippen LogP contribution in [0, 0.1) is 0 Å². The summed E-state index contributed by atoms with van der Waals surface area (Å²) < 4.78 is 1.18. The zero-order chi connectivity index (χ0) is 13.2. The van der Waals surface area contributed by atoms with Gasteiger partial charge in [0.25, 0.3) is 0 Å². The van der Waals surface area contributed by atoms with Crippen LogP contribution in [0.1, 0.15) is 12.8 Å². The van der Waals surface area contributed by atoms with Crippen LogP contribution in [0.4, 0.5) is 5.69 Å². The standard InChI is InChI=1S/C16H19BrN2/c1-18-12-5-4-10-19(11-12)16-9-8-15(17)13-6-2-3-7-14(13)16/h2-3,6-9,12,18H,4-5,10-11H2,1H3. The van der Waals surface area contributed by atoms with Crippen LogP contribution in [0.25, 0.3) is 10.8 Å². The maximum absolute atomic E-state index is 3.65. The Morgan fingerprint density at radius 1 is 1.16 bits per heavy atom. The van der Waals surface area contributed by atoms with Gasteiger partial charge in [-0.05, 0) is 37.4 Å². The van der Waals surface area contributed by atoms with Gasteiger partial charge in [0.1, 0.15) is 0 Å². The summed E-state index contributed by atoms with van der Waals surface area (Å²) in [7, 11) is 2.06. The number of fused-ring (bicyclic) bond motifs is 1. The van der Waals surface area contributed by atoms with Gasteiger partial charge in [-0.2, -0.15) is 0 Å². The highest BCUT2D eigenvalue weighted by Gasteiger charge is 2.20. The average molecular weight is 319 g/mol. The van der Waals surface area contributed by atoms with Crippen LogP contribution in [0.5, 0.6) is 0 Å². The minimum Gasteiger partial charge on any atom is -0.369 e. The molecule has 2 aromatic rings. The fourth-order valence-electron chi connectivity index (χ4n) is 2.95. The smallest absolute Gasteiger partial charge is 0.0447 e. The quantitative estimate of drug-likeness (QED) is 0.906. The lowest BCUT2D eigenvalue weighted by Gasteiger charge is -2.35. The molecule has 1 N–H and O–H groups in total. The number of benzene rings is 2. The Labute approximate surface area is 122 Å². The van der Waals surface area contributed by atoms with E-state index in [1.54, 1.807) is 0 Å². The van der Waals surface area contributed by atoms with Crippen LogP contribution in [0.15, 0.2) is 40.9 Å². The third-order valence-corrected chi connectivity index (χ3v) is 4.71. The van der Waals surface area contributed by atoms with Crippen molar-refractivity contribution in [3.05, 3.63) is 40.9 Å². The molecule has 2 nitrogen and oxygen atoms in total. The van der Waals surface area contributed by atoms with E-state index in [1.807, 2.05) is 0 Å². The third kappa shape index (κ3) is 2.49. The Kier molecular flexibility index (Phi) is 3.76. The minimum atomic E-state index is 0.608. The fraction of sp³-hybridized carbons (Fsp3) is 0.375. The summed E-state index contributed by atoms with van der Waals surface area (Å²) >= 11 is 3.65. The maximum Gasteiger partial charge on any atom is 0.0447 e. The van der Waals surface area contributed by atoms with Crippen LogP contribution in [-0.2, 0) is 0 Å². The first kappa shape index (κ1) is 12.9. The van der Waals surface area contributed by atoms with Gasteiger partial charge in [-0.25, -0.2) is 0 Å². The first-order valence-electron chi connectivity index (χ1n) is 6.89.